The molecular formula is C15H12BrN3O. The molecule has 1 amide bonds. The molecule has 1 N–H and O–H groups in total. The van der Waals surface area contributed by atoms with Gasteiger partial charge in [-0.25, -0.2) is 4.79 Å². The van der Waals surface area contributed by atoms with Gasteiger partial charge in [0.2, 0.25) is 0 Å². The van der Waals surface area contributed by atoms with Crippen molar-refractivity contribution >= 4 is 38.6 Å². The van der Waals surface area contributed by atoms with Gasteiger partial charge in [0.1, 0.15) is 0 Å². The molecule has 5 heteroatoms. The highest BCUT2D eigenvalue weighted by atomic mass is 79.9. The standard InChI is InChI=1S/C15H12BrN3O/c1-10-5-6-11-9-17-19(14(11)7-10)15(20)18-13-4-2-3-12(16)8-13/h2-9H,1H3,(H,18,20). The van der Waals surface area contributed by atoms with E-state index in [1.807, 2.05) is 49.4 Å². The van der Waals surface area contributed by atoms with Crippen LogP contribution < -0.4 is 5.32 Å². The predicted octanol–water partition coefficient (Wildman–Crippen LogP) is 4.19. The molecule has 3 aromatic rings. The number of halogens is 1. The highest BCUT2D eigenvalue weighted by Gasteiger charge is 2.10. The van der Waals surface area contributed by atoms with Crippen LogP contribution in [0.3, 0.4) is 0 Å². The minimum atomic E-state index is -0.274. The van der Waals surface area contributed by atoms with E-state index in [9.17, 15) is 4.79 Å². The highest BCUT2D eigenvalue weighted by Crippen LogP contribution is 2.18. The average molecular weight is 330 g/mol. The van der Waals surface area contributed by atoms with Crippen LogP contribution in [0.25, 0.3) is 10.9 Å². The second-order valence-electron chi connectivity index (χ2n) is 4.56. The lowest BCUT2D eigenvalue weighted by Crippen LogP contribution is -2.20. The molecule has 0 bridgehead atoms. The van der Waals surface area contributed by atoms with Gasteiger partial charge in [0.25, 0.3) is 0 Å². The summed E-state index contributed by atoms with van der Waals surface area (Å²) in [4.78, 5) is 12.3. The number of aromatic nitrogens is 2. The first-order chi connectivity index (χ1) is 9.63. The number of aryl methyl sites for hydroxylation is 1. The van der Waals surface area contributed by atoms with Gasteiger partial charge in [0, 0.05) is 15.5 Å². The van der Waals surface area contributed by atoms with Crippen LogP contribution in [0.5, 0.6) is 0 Å². The van der Waals surface area contributed by atoms with Gasteiger partial charge in [-0.2, -0.15) is 9.78 Å². The predicted molar refractivity (Wildman–Crippen MR) is 83.0 cm³/mol. The molecule has 0 fully saturated rings. The van der Waals surface area contributed by atoms with Crippen molar-refractivity contribution in [1.29, 1.82) is 0 Å². The lowest BCUT2D eigenvalue weighted by Gasteiger charge is -2.06. The van der Waals surface area contributed by atoms with Gasteiger partial charge >= 0.3 is 6.03 Å². The van der Waals surface area contributed by atoms with Gasteiger partial charge < -0.3 is 5.32 Å². The molecule has 2 aromatic carbocycles. The van der Waals surface area contributed by atoms with Crippen LogP contribution in [0.15, 0.2) is 53.1 Å². The summed E-state index contributed by atoms with van der Waals surface area (Å²) < 4.78 is 2.29. The summed E-state index contributed by atoms with van der Waals surface area (Å²) in [7, 11) is 0. The number of anilines is 1. The monoisotopic (exact) mass is 329 g/mol. The third kappa shape index (κ3) is 2.44. The molecule has 0 aliphatic heterocycles. The van der Waals surface area contributed by atoms with Crippen molar-refractivity contribution in [1.82, 2.24) is 9.78 Å². The maximum Gasteiger partial charge on any atom is 0.347 e. The normalized spacial score (nSPS) is 10.7. The first-order valence-electron chi connectivity index (χ1n) is 6.15. The van der Waals surface area contributed by atoms with Crippen LogP contribution in [0.1, 0.15) is 5.56 Å². The van der Waals surface area contributed by atoms with Crippen molar-refractivity contribution in [3.63, 3.8) is 0 Å². The zero-order chi connectivity index (χ0) is 14.1. The Bertz CT molecular complexity index is 795. The maximum atomic E-state index is 12.3. The maximum absolute atomic E-state index is 12.3. The Kier molecular flexibility index (Phi) is 3.28. The van der Waals surface area contributed by atoms with Gasteiger partial charge in [-0.15, -0.1) is 0 Å². The summed E-state index contributed by atoms with van der Waals surface area (Å²) in [5, 5.41) is 7.92. The SMILES string of the molecule is Cc1ccc2cnn(C(=O)Nc3cccc(Br)c3)c2c1. The van der Waals surface area contributed by atoms with Crippen molar-refractivity contribution in [2.45, 2.75) is 6.92 Å². The minimum absolute atomic E-state index is 0.274. The minimum Gasteiger partial charge on any atom is -0.306 e. The van der Waals surface area contributed by atoms with Gasteiger partial charge in [-0.05, 0) is 36.8 Å². The number of nitrogens with zero attached hydrogens (tertiary/aromatic N) is 2. The van der Waals surface area contributed by atoms with Crippen LogP contribution >= 0.6 is 15.9 Å². The number of hydrogen-bond acceptors (Lipinski definition) is 2. The van der Waals surface area contributed by atoms with Crippen molar-refractivity contribution in [2.24, 2.45) is 0 Å². The van der Waals surface area contributed by atoms with Crippen molar-refractivity contribution in [3.8, 4) is 0 Å². The van der Waals surface area contributed by atoms with Crippen molar-refractivity contribution in [3.05, 3.63) is 58.7 Å². The summed E-state index contributed by atoms with van der Waals surface area (Å²) in [6, 6.07) is 13.1. The van der Waals surface area contributed by atoms with Crippen LogP contribution in [0.2, 0.25) is 0 Å². The first kappa shape index (κ1) is 12.9. The number of fused-ring (bicyclic) bond motifs is 1. The molecule has 1 heterocycles. The second-order valence-corrected chi connectivity index (χ2v) is 5.47. The largest absolute Gasteiger partial charge is 0.347 e. The molecule has 1 aromatic heterocycles. The molecule has 0 unspecified atom stereocenters. The van der Waals surface area contributed by atoms with E-state index in [1.54, 1.807) is 6.20 Å². The van der Waals surface area contributed by atoms with E-state index in [2.05, 4.69) is 26.3 Å². The number of carbonyl (C=O) groups is 1. The molecule has 3 rings (SSSR count). The molecule has 0 saturated heterocycles. The first-order valence-corrected chi connectivity index (χ1v) is 6.94. The molecule has 0 saturated carbocycles. The van der Waals surface area contributed by atoms with Gasteiger partial charge in [0.05, 0.1) is 11.7 Å². The van der Waals surface area contributed by atoms with Crippen LogP contribution in [0, 0.1) is 6.92 Å². The van der Waals surface area contributed by atoms with E-state index in [0.29, 0.717) is 0 Å². The molecule has 0 aliphatic carbocycles. The van der Waals surface area contributed by atoms with E-state index in [4.69, 9.17) is 0 Å². The molecule has 100 valence electrons. The average Bonchev–Trinajstić information content (AvgIpc) is 2.81. The number of amides is 1. The highest BCUT2D eigenvalue weighted by molar-refractivity contribution is 9.10. The summed E-state index contributed by atoms with van der Waals surface area (Å²) in [5.74, 6) is 0. The zero-order valence-corrected chi connectivity index (χ0v) is 12.4. The number of rotatable bonds is 1. The van der Waals surface area contributed by atoms with Gasteiger partial charge in [0.15, 0.2) is 0 Å². The fraction of sp³-hybridized carbons (Fsp3) is 0.0667. The van der Waals surface area contributed by atoms with Gasteiger partial charge in [-0.1, -0.05) is 34.1 Å². The molecule has 0 spiro atoms. The van der Waals surface area contributed by atoms with Crippen LogP contribution in [-0.2, 0) is 0 Å². The van der Waals surface area contributed by atoms with Crippen molar-refractivity contribution in [2.75, 3.05) is 5.32 Å². The Hall–Kier alpha value is -2.14. The Morgan fingerprint density at radius 1 is 1.25 bits per heavy atom. The van der Waals surface area contributed by atoms with Crippen LogP contribution in [0.4, 0.5) is 10.5 Å². The summed E-state index contributed by atoms with van der Waals surface area (Å²) in [5.41, 5.74) is 2.62. The van der Waals surface area contributed by atoms with Crippen LogP contribution in [-0.4, -0.2) is 15.8 Å². The lowest BCUT2D eigenvalue weighted by atomic mass is 10.2. The summed E-state index contributed by atoms with van der Waals surface area (Å²) in [6.45, 7) is 1.99. The second kappa shape index (κ2) is 5.09. The fourth-order valence-corrected chi connectivity index (χ4v) is 2.43. The molecular weight excluding hydrogens is 318 g/mol. The molecule has 0 radical (unpaired) electrons. The summed E-state index contributed by atoms with van der Waals surface area (Å²) in [6.07, 6.45) is 1.69. The van der Waals surface area contributed by atoms with E-state index in [1.165, 1.54) is 4.68 Å². The summed E-state index contributed by atoms with van der Waals surface area (Å²) >= 11 is 3.38. The van der Waals surface area contributed by atoms with E-state index in [0.717, 1.165) is 26.6 Å². The fourth-order valence-electron chi connectivity index (χ4n) is 2.03. The van der Waals surface area contributed by atoms with Gasteiger partial charge in [-0.3, -0.25) is 0 Å². The smallest absolute Gasteiger partial charge is 0.306 e. The van der Waals surface area contributed by atoms with Crippen molar-refractivity contribution < 1.29 is 4.79 Å². The third-order valence-corrected chi connectivity index (χ3v) is 3.49. The number of nitrogens with one attached hydrogen (secondary N) is 1. The lowest BCUT2D eigenvalue weighted by molar-refractivity contribution is 0.252. The zero-order valence-electron chi connectivity index (χ0n) is 10.8. The molecule has 4 nitrogen and oxygen atoms in total. The Morgan fingerprint density at radius 3 is 2.90 bits per heavy atom. The van der Waals surface area contributed by atoms with E-state index in [-0.39, 0.29) is 6.03 Å². The Balaban J connectivity index is 1.94. The Morgan fingerprint density at radius 2 is 2.10 bits per heavy atom. The number of benzene rings is 2. The van der Waals surface area contributed by atoms with E-state index < -0.39 is 0 Å². The quantitative estimate of drug-likeness (QED) is 0.727. The van der Waals surface area contributed by atoms with E-state index >= 15 is 0 Å². The molecule has 20 heavy (non-hydrogen) atoms. The molecule has 0 atom stereocenters. The number of hydrogen-bond donors (Lipinski definition) is 1. The third-order valence-electron chi connectivity index (χ3n) is 2.99. The molecule has 0 aliphatic rings. The topological polar surface area (TPSA) is 46.9 Å². The Labute approximate surface area is 124 Å². The number of carbonyl (C=O) groups excluding carboxylic acids is 1.